The molecule has 0 heterocycles. The number of anilines is 2. The van der Waals surface area contributed by atoms with Crippen LogP contribution in [0.1, 0.15) is 18.4 Å². The van der Waals surface area contributed by atoms with Crippen LogP contribution in [0.25, 0.3) is 0 Å². The lowest BCUT2D eigenvalue weighted by atomic mass is 10.1. The molecule has 0 aliphatic heterocycles. The highest BCUT2D eigenvalue weighted by Crippen LogP contribution is 2.38. The quantitative estimate of drug-likeness (QED) is 0.854. The Morgan fingerprint density at radius 1 is 1.20 bits per heavy atom. The van der Waals surface area contributed by atoms with Crippen LogP contribution in [0.2, 0.25) is 5.02 Å². The first-order valence-electron chi connectivity index (χ1n) is 6.70. The van der Waals surface area contributed by atoms with Crippen molar-refractivity contribution in [2.75, 3.05) is 10.6 Å². The average Bonchev–Trinajstić information content (AvgIpc) is 3.26. The molecule has 4 heteroatoms. The van der Waals surface area contributed by atoms with Gasteiger partial charge in [0.25, 0.3) is 0 Å². The maximum absolute atomic E-state index is 13.4. The number of rotatable bonds is 4. The summed E-state index contributed by atoms with van der Waals surface area (Å²) >= 11 is 5.90. The van der Waals surface area contributed by atoms with E-state index >= 15 is 0 Å². The zero-order valence-corrected chi connectivity index (χ0v) is 11.8. The van der Waals surface area contributed by atoms with E-state index in [0.717, 1.165) is 25.1 Å². The van der Waals surface area contributed by atoms with Crippen molar-refractivity contribution in [2.45, 2.75) is 25.4 Å². The van der Waals surface area contributed by atoms with Crippen LogP contribution in [-0.4, -0.2) is 6.04 Å². The smallest absolute Gasteiger partial charge is 0.143 e. The van der Waals surface area contributed by atoms with Gasteiger partial charge in [0.05, 0.1) is 16.4 Å². The Morgan fingerprint density at radius 3 is 2.55 bits per heavy atom. The fraction of sp³-hybridized carbons (Fsp3) is 0.250. The average molecular weight is 291 g/mol. The second-order valence-electron chi connectivity index (χ2n) is 5.17. The summed E-state index contributed by atoms with van der Waals surface area (Å²) in [6, 6.07) is 13.6. The second kappa shape index (κ2) is 5.33. The van der Waals surface area contributed by atoms with Crippen LogP contribution < -0.4 is 10.6 Å². The van der Waals surface area contributed by atoms with Gasteiger partial charge in [0, 0.05) is 18.7 Å². The molecule has 0 radical (unpaired) electrons. The molecule has 1 fully saturated rings. The number of benzene rings is 2. The maximum atomic E-state index is 13.4. The van der Waals surface area contributed by atoms with Gasteiger partial charge in [-0.25, -0.2) is 4.39 Å². The van der Waals surface area contributed by atoms with Crippen molar-refractivity contribution in [3.63, 3.8) is 0 Å². The van der Waals surface area contributed by atoms with Crippen LogP contribution in [0.15, 0.2) is 42.5 Å². The number of nitrogens with zero attached hydrogens (tertiary/aromatic N) is 1. The molecule has 0 saturated heterocycles. The number of nitrogens with two attached hydrogens (primary N) is 1. The van der Waals surface area contributed by atoms with Crippen LogP contribution in [-0.2, 0) is 6.54 Å². The molecule has 0 atom stereocenters. The minimum Gasteiger partial charge on any atom is -0.397 e. The molecule has 0 amide bonds. The Balaban J connectivity index is 1.93. The lowest BCUT2D eigenvalue weighted by molar-refractivity contribution is 0.628. The maximum Gasteiger partial charge on any atom is 0.143 e. The lowest BCUT2D eigenvalue weighted by Crippen LogP contribution is -2.26. The van der Waals surface area contributed by atoms with E-state index in [4.69, 9.17) is 17.3 Å². The lowest BCUT2D eigenvalue weighted by Gasteiger charge is -2.26. The van der Waals surface area contributed by atoms with E-state index in [1.165, 1.54) is 11.6 Å². The van der Waals surface area contributed by atoms with Gasteiger partial charge in [0.2, 0.25) is 0 Å². The highest BCUT2D eigenvalue weighted by molar-refractivity contribution is 6.31. The minimum absolute atomic E-state index is 0.118. The molecule has 0 unspecified atom stereocenters. The Morgan fingerprint density at radius 2 is 1.90 bits per heavy atom. The van der Waals surface area contributed by atoms with E-state index in [1.807, 2.05) is 18.2 Å². The van der Waals surface area contributed by atoms with Crippen LogP contribution in [0.4, 0.5) is 15.8 Å². The first kappa shape index (κ1) is 13.3. The number of halogens is 2. The monoisotopic (exact) mass is 290 g/mol. The molecule has 20 heavy (non-hydrogen) atoms. The zero-order valence-electron chi connectivity index (χ0n) is 11.0. The van der Waals surface area contributed by atoms with Crippen molar-refractivity contribution >= 4 is 23.0 Å². The first-order valence-corrected chi connectivity index (χ1v) is 7.08. The van der Waals surface area contributed by atoms with Gasteiger partial charge in [-0.1, -0.05) is 41.9 Å². The van der Waals surface area contributed by atoms with Gasteiger partial charge in [0.1, 0.15) is 5.82 Å². The largest absolute Gasteiger partial charge is 0.397 e. The van der Waals surface area contributed by atoms with Crippen LogP contribution >= 0.6 is 11.6 Å². The Labute approximate surface area is 123 Å². The summed E-state index contributed by atoms with van der Waals surface area (Å²) in [4.78, 5) is 2.22. The molecule has 1 aliphatic rings. The molecule has 1 saturated carbocycles. The van der Waals surface area contributed by atoms with Gasteiger partial charge in [-0.3, -0.25) is 0 Å². The standard InChI is InChI=1S/C16H16ClFN2/c17-13-8-16(15(19)9-14(13)18)20(12-6-7-12)10-11-4-2-1-3-5-11/h1-5,8-9,12H,6-7,10,19H2. The highest BCUT2D eigenvalue weighted by atomic mass is 35.5. The summed E-state index contributed by atoms with van der Waals surface area (Å²) in [6.45, 7) is 0.762. The highest BCUT2D eigenvalue weighted by Gasteiger charge is 2.30. The SMILES string of the molecule is Nc1cc(F)c(Cl)cc1N(Cc1ccccc1)C1CC1. The molecule has 2 N–H and O–H groups in total. The fourth-order valence-electron chi connectivity index (χ4n) is 2.38. The zero-order chi connectivity index (χ0) is 14.1. The topological polar surface area (TPSA) is 29.3 Å². The molecule has 0 aromatic heterocycles. The molecule has 0 bridgehead atoms. The van der Waals surface area contributed by atoms with Crippen LogP contribution in [0, 0.1) is 5.82 Å². The predicted molar refractivity (Wildman–Crippen MR) is 81.5 cm³/mol. The molecule has 2 aromatic rings. The van der Waals surface area contributed by atoms with Crippen molar-refractivity contribution in [3.05, 3.63) is 58.9 Å². The van der Waals surface area contributed by atoms with Crippen molar-refractivity contribution in [3.8, 4) is 0 Å². The Bertz CT molecular complexity index is 611. The van der Waals surface area contributed by atoms with Gasteiger partial charge < -0.3 is 10.6 Å². The number of nitrogen functional groups attached to an aromatic ring is 1. The van der Waals surface area contributed by atoms with E-state index < -0.39 is 5.82 Å². The van der Waals surface area contributed by atoms with Crippen LogP contribution in [0.3, 0.4) is 0 Å². The van der Waals surface area contributed by atoms with E-state index in [2.05, 4.69) is 17.0 Å². The third-order valence-corrected chi connectivity index (χ3v) is 3.85. The summed E-state index contributed by atoms with van der Waals surface area (Å²) in [5.74, 6) is -0.469. The Hall–Kier alpha value is -1.74. The first-order chi connectivity index (χ1) is 9.65. The van der Waals surface area contributed by atoms with Crippen molar-refractivity contribution < 1.29 is 4.39 Å². The predicted octanol–water partition coefficient (Wildman–Crippen LogP) is 4.23. The minimum atomic E-state index is -0.469. The number of hydrogen-bond acceptors (Lipinski definition) is 2. The third-order valence-electron chi connectivity index (χ3n) is 3.56. The van der Waals surface area contributed by atoms with Gasteiger partial charge in [0.15, 0.2) is 0 Å². The van der Waals surface area contributed by atoms with Gasteiger partial charge in [-0.2, -0.15) is 0 Å². The summed E-state index contributed by atoms with van der Waals surface area (Å²) in [7, 11) is 0. The molecule has 2 nitrogen and oxygen atoms in total. The second-order valence-corrected chi connectivity index (χ2v) is 5.58. The molecular weight excluding hydrogens is 275 g/mol. The molecular formula is C16H16ClFN2. The van der Waals surface area contributed by atoms with E-state index in [9.17, 15) is 4.39 Å². The third kappa shape index (κ3) is 2.73. The summed E-state index contributed by atoms with van der Waals surface area (Å²) in [6.07, 6.45) is 2.28. The summed E-state index contributed by atoms with van der Waals surface area (Å²) in [5.41, 5.74) is 8.44. The van der Waals surface area contributed by atoms with Crippen molar-refractivity contribution in [2.24, 2.45) is 0 Å². The summed E-state index contributed by atoms with van der Waals surface area (Å²) in [5, 5.41) is 0.118. The van der Waals surface area contributed by atoms with Gasteiger partial charge in [-0.05, 0) is 24.5 Å². The van der Waals surface area contributed by atoms with E-state index in [1.54, 1.807) is 6.07 Å². The molecule has 2 aromatic carbocycles. The molecule has 0 spiro atoms. The van der Waals surface area contributed by atoms with Gasteiger partial charge in [-0.15, -0.1) is 0 Å². The Kier molecular flexibility index (Phi) is 3.53. The van der Waals surface area contributed by atoms with Gasteiger partial charge >= 0.3 is 0 Å². The fourth-order valence-corrected chi connectivity index (χ4v) is 2.54. The normalized spacial score (nSPS) is 14.3. The van der Waals surface area contributed by atoms with Crippen LogP contribution in [0.5, 0.6) is 0 Å². The van der Waals surface area contributed by atoms with E-state index in [0.29, 0.717) is 11.7 Å². The summed E-state index contributed by atoms with van der Waals surface area (Å²) < 4.78 is 13.4. The molecule has 3 rings (SSSR count). The van der Waals surface area contributed by atoms with Crippen molar-refractivity contribution in [1.29, 1.82) is 0 Å². The molecule has 104 valence electrons. The van der Waals surface area contributed by atoms with Crippen molar-refractivity contribution in [1.82, 2.24) is 0 Å². The molecule has 1 aliphatic carbocycles. The van der Waals surface area contributed by atoms with E-state index in [-0.39, 0.29) is 5.02 Å². The number of hydrogen-bond donors (Lipinski definition) is 1.